The van der Waals surface area contributed by atoms with Crippen LogP contribution in [-0.4, -0.2) is 94.2 Å². The van der Waals surface area contributed by atoms with Gasteiger partial charge < -0.3 is 59.9 Å². The number of phenolic OH excluding ortho intramolecular Hbond substituents is 1. The Bertz CT molecular complexity index is 1170. The van der Waals surface area contributed by atoms with Crippen molar-refractivity contribution in [3.05, 3.63) is 29.8 Å². The molecule has 0 spiro atoms. The van der Waals surface area contributed by atoms with Crippen molar-refractivity contribution in [2.45, 2.75) is 62.7 Å². The van der Waals surface area contributed by atoms with Crippen molar-refractivity contribution in [1.82, 2.24) is 16.0 Å². The Morgan fingerprint density at radius 1 is 0.721 bits per heavy atom. The third-order valence-corrected chi connectivity index (χ3v) is 5.89. The molecule has 18 nitrogen and oxygen atoms in total. The van der Waals surface area contributed by atoms with E-state index in [1.165, 1.54) is 24.3 Å². The van der Waals surface area contributed by atoms with Crippen LogP contribution < -0.4 is 44.6 Å². The van der Waals surface area contributed by atoms with Crippen LogP contribution in [0.25, 0.3) is 0 Å². The average molecular weight is 609 g/mol. The standard InChI is InChI=1S/C25H40N10O8/c26-15(3-1-9-31-24(27)28)20(39)34-17(12-19(37)38)22(41)33-16(4-2-10-32-25(29)30)21(40)35-18(23(42)43)11-13-5-7-14(36)8-6-13/h5-8,15-18,36H,1-4,9-12,26H2,(H,33,41)(H,34,39)(H,35,40)(H,37,38)(H,42,43)(H4,27,28,31)(H4,29,30,32). The van der Waals surface area contributed by atoms with E-state index in [4.69, 9.17) is 28.7 Å². The number of benzene rings is 1. The first-order valence-corrected chi connectivity index (χ1v) is 13.2. The molecular formula is C25H40N10O8. The zero-order valence-electron chi connectivity index (χ0n) is 23.4. The van der Waals surface area contributed by atoms with Gasteiger partial charge in [-0.3, -0.25) is 29.2 Å². The maximum absolute atomic E-state index is 13.2. The topological polar surface area (TPSA) is 337 Å². The molecule has 0 aromatic heterocycles. The van der Waals surface area contributed by atoms with Crippen LogP contribution in [0.5, 0.6) is 5.75 Å². The molecule has 16 N–H and O–H groups in total. The molecule has 1 aromatic carbocycles. The van der Waals surface area contributed by atoms with Gasteiger partial charge >= 0.3 is 11.9 Å². The van der Waals surface area contributed by atoms with E-state index in [0.717, 1.165) is 0 Å². The summed E-state index contributed by atoms with van der Waals surface area (Å²) in [5.41, 5.74) is 27.5. The summed E-state index contributed by atoms with van der Waals surface area (Å²) >= 11 is 0. The Morgan fingerprint density at radius 2 is 1.21 bits per heavy atom. The largest absolute Gasteiger partial charge is 0.508 e. The summed E-state index contributed by atoms with van der Waals surface area (Å²) in [6, 6.07) is 0.172. The number of nitrogens with zero attached hydrogens (tertiary/aromatic N) is 2. The molecule has 4 atom stereocenters. The van der Waals surface area contributed by atoms with Crippen LogP contribution in [0.2, 0.25) is 0 Å². The smallest absolute Gasteiger partial charge is 0.326 e. The Hall–Kier alpha value is -5.13. The van der Waals surface area contributed by atoms with E-state index >= 15 is 0 Å². The van der Waals surface area contributed by atoms with Crippen molar-refractivity contribution in [1.29, 1.82) is 0 Å². The van der Waals surface area contributed by atoms with Crippen molar-refractivity contribution < 1.29 is 39.3 Å². The molecule has 1 rings (SSSR count). The number of aromatic hydroxyl groups is 1. The number of carbonyl (C=O) groups excluding carboxylic acids is 3. The molecule has 0 saturated heterocycles. The fraction of sp³-hybridized carbons (Fsp3) is 0.480. The van der Waals surface area contributed by atoms with Crippen molar-refractivity contribution >= 4 is 41.6 Å². The van der Waals surface area contributed by atoms with Gasteiger partial charge in [0.1, 0.15) is 23.9 Å². The molecule has 1 aromatic rings. The predicted molar refractivity (Wildman–Crippen MR) is 155 cm³/mol. The minimum Gasteiger partial charge on any atom is -0.508 e. The Labute approximate surface area is 247 Å². The molecule has 0 bridgehead atoms. The van der Waals surface area contributed by atoms with Gasteiger partial charge in [0.15, 0.2) is 11.9 Å². The molecule has 18 heteroatoms. The highest BCUT2D eigenvalue weighted by Gasteiger charge is 2.31. The van der Waals surface area contributed by atoms with E-state index in [0.29, 0.717) is 12.0 Å². The van der Waals surface area contributed by atoms with Gasteiger partial charge in [-0.2, -0.15) is 0 Å². The summed E-state index contributed by atoms with van der Waals surface area (Å²) in [6.45, 7) is 0.269. The van der Waals surface area contributed by atoms with Crippen molar-refractivity contribution in [3.8, 4) is 5.75 Å². The van der Waals surface area contributed by atoms with Crippen LogP contribution >= 0.6 is 0 Å². The molecule has 238 valence electrons. The van der Waals surface area contributed by atoms with Crippen LogP contribution in [-0.2, 0) is 30.4 Å². The maximum Gasteiger partial charge on any atom is 0.326 e. The van der Waals surface area contributed by atoms with Crippen LogP contribution in [0.15, 0.2) is 34.3 Å². The van der Waals surface area contributed by atoms with Gasteiger partial charge in [0.05, 0.1) is 12.5 Å². The lowest BCUT2D eigenvalue weighted by atomic mass is 10.0. The van der Waals surface area contributed by atoms with Crippen molar-refractivity contribution in [2.75, 3.05) is 13.1 Å². The second-order valence-corrected chi connectivity index (χ2v) is 9.49. The van der Waals surface area contributed by atoms with Crippen LogP contribution in [0, 0.1) is 0 Å². The van der Waals surface area contributed by atoms with Gasteiger partial charge in [0.2, 0.25) is 17.7 Å². The van der Waals surface area contributed by atoms with Gasteiger partial charge in [0.25, 0.3) is 0 Å². The number of carboxylic acids is 2. The molecule has 0 saturated carbocycles. The zero-order chi connectivity index (χ0) is 32.5. The minimum absolute atomic E-state index is 0.0295. The lowest BCUT2D eigenvalue weighted by Crippen LogP contribution is -2.57. The maximum atomic E-state index is 13.2. The molecule has 43 heavy (non-hydrogen) atoms. The number of amides is 3. The van der Waals surface area contributed by atoms with Crippen LogP contribution in [0.1, 0.15) is 37.7 Å². The number of hydrogen-bond donors (Lipinski definition) is 11. The Kier molecular flexibility index (Phi) is 15.3. The minimum atomic E-state index is -1.62. The third-order valence-electron chi connectivity index (χ3n) is 5.89. The fourth-order valence-electron chi connectivity index (χ4n) is 3.70. The first kappa shape index (κ1) is 35.9. The molecule has 4 unspecified atom stereocenters. The van der Waals surface area contributed by atoms with E-state index in [1.807, 2.05) is 0 Å². The normalized spacial score (nSPS) is 13.3. The lowest BCUT2D eigenvalue weighted by molar-refractivity contribution is -0.143. The molecule has 0 aliphatic carbocycles. The van der Waals surface area contributed by atoms with E-state index in [2.05, 4.69) is 25.9 Å². The first-order chi connectivity index (χ1) is 20.2. The van der Waals surface area contributed by atoms with Gasteiger partial charge in [-0.1, -0.05) is 12.1 Å². The summed E-state index contributed by atoms with van der Waals surface area (Å²) in [6.07, 6.45) is -0.429. The van der Waals surface area contributed by atoms with E-state index in [-0.39, 0.29) is 56.4 Å². The highest BCUT2D eigenvalue weighted by atomic mass is 16.4. The molecule has 0 aliphatic rings. The molecular weight excluding hydrogens is 568 g/mol. The fourth-order valence-corrected chi connectivity index (χ4v) is 3.70. The van der Waals surface area contributed by atoms with Crippen molar-refractivity contribution in [2.24, 2.45) is 38.7 Å². The predicted octanol–water partition coefficient (Wildman–Crippen LogP) is -3.62. The van der Waals surface area contributed by atoms with Crippen LogP contribution in [0.3, 0.4) is 0 Å². The molecule has 0 heterocycles. The monoisotopic (exact) mass is 608 g/mol. The second-order valence-electron chi connectivity index (χ2n) is 9.49. The van der Waals surface area contributed by atoms with E-state index < -0.39 is 60.2 Å². The number of phenols is 1. The Morgan fingerprint density at radius 3 is 1.72 bits per heavy atom. The van der Waals surface area contributed by atoms with Gasteiger partial charge in [-0.25, -0.2) is 4.79 Å². The average Bonchev–Trinajstić information content (AvgIpc) is 2.92. The van der Waals surface area contributed by atoms with E-state index in [9.17, 15) is 39.3 Å². The number of carbonyl (C=O) groups is 5. The summed E-state index contributed by atoms with van der Waals surface area (Å²) in [7, 11) is 0. The molecule has 0 aliphatic heterocycles. The molecule has 3 amide bonds. The number of aliphatic carboxylic acids is 2. The quantitative estimate of drug-likeness (QED) is 0.0411. The number of aliphatic imine (C=N–C) groups is 2. The SMILES string of the molecule is NC(N)=NCCCC(N)C(=O)NC(CC(=O)O)C(=O)NC(CCCN=C(N)N)C(=O)NC(Cc1ccc(O)cc1)C(=O)O. The summed E-state index contributed by atoms with van der Waals surface area (Å²) in [5.74, 6) is -5.88. The number of carboxylic acid groups (broad SMARTS) is 2. The summed E-state index contributed by atoms with van der Waals surface area (Å²) < 4.78 is 0. The zero-order valence-corrected chi connectivity index (χ0v) is 23.4. The highest BCUT2D eigenvalue weighted by molar-refractivity contribution is 5.95. The summed E-state index contributed by atoms with van der Waals surface area (Å²) in [4.78, 5) is 69.8. The summed E-state index contributed by atoms with van der Waals surface area (Å²) in [5, 5.41) is 35.5. The first-order valence-electron chi connectivity index (χ1n) is 13.2. The number of hydrogen-bond acceptors (Lipinski definition) is 9. The number of rotatable bonds is 19. The lowest BCUT2D eigenvalue weighted by Gasteiger charge is -2.24. The third kappa shape index (κ3) is 14.9. The van der Waals surface area contributed by atoms with Gasteiger partial charge in [-0.05, 0) is 43.4 Å². The van der Waals surface area contributed by atoms with Gasteiger partial charge in [-0.15, -0.1) is 0 Å². The van der Waals surface area contributed by atoms with Gasteiger partial charge in [0, 0.05) is 19.5 Å². The van der Waals surface area contributed by atoms with Crippen molar-refractivity contribution in [3.63, 3.8) is 0 Å². The molecule has 0 radical (unpaired) electrons. The number of guanidine groups is 2. The van der Waals surface area contributed by atoms with E-state index in [1.54, 1.807) is 0 Å². The molecule has 0 fully saturated rings. The second kappa shape index (κ2) is 18.3. The number of nitrogens with two attached hydrogens (primary N) is 5. The number of nitrogens with one attached hydrogen (secondary N) is 3. The highest BCUT2D eigenvalue weighted by Crippen LogP contribution is 2.12. The Balaban J connectivity index is 3.05. The van der Waals surface area contributed by atoms with Crippen LogP contribution in [0.4, 0.5) is 0 Å².